The van der Waals surface area contributed by atoms with Gasteiger partial charge in [-0.15, -0.1) is 0 Å². The van der Waals surface area contributed by atoms with Crippen molar-refractivity contribution < 1.29 is 0 Å². The third-order valence-corrected chi connectivity index (χ3v) is 2.91. The minimum Gasteiger partial charge on any atom is -0.373 e. The Morgan fingerprint density at radius 2 is 1.85 bits per heavy atom. The van der Waals surface area contributed by atoms with Crippen LogP contribution < -0.4 is 10.6 Å². The molecule has 5 nitrogen and oxygen atoms in total. The van der Waals surface area contributed by atoms with E-state index in [2.05, 4.69) is 39.4 Å². The van der Waals surface area contributed by atoms with Gasteiger partial charge in [0.1, 0.15) is 17.5 Å². The summed E-state index contributed by atoms with van der Waals surface area (Å²) in [6.07, 6.45) is 0. The predicted octanol–water partition coefficient (Wildman–Crippen LogP) is 2.96. The molecule has 0 radical (unpaired) electrons. The summed E-state index contributed by atoms with van der Waals surface area (Å²) >= 11 is 0. The molecule has 106 valence electrons. The highest BCUT2D eigenvalue weighted by atomic mass is 15.1. The SMILES string of the molecule is CNc1cc(NCc2cccc(C)n2)nc(C(C)C)n1. The minimum atomic E-state index is 0.293. The van der Waals surface area contributed by atoms with Gasteiger partial charge in [0, 0.05) is 24.7 Å². The molecule has 0 spiro atoms. The van der Waals surface area contributed by atoms with Gasteiger partial charge < -0.3 is 10.6 Å². The van der Waals surface area contributed by atoms with Crippen molar-refractivity contribution in [2.75, 3.05) is 17.7 Å². The Morgan fingerprint density at radius 3 is 2.50 bits per heavy atom. The van der Waals surface area contributed by atoms with Crippen LogP contribution in [-0.2, 0) is 6.54 Å². The number of anilines is 2. The highest BCUT2D eigenvalue weighted by Crippen LogP contribution is 2.17. The van der Waals surface area contributed by atoms with Crippen LogP contribution >= 0.6 is 0 Å². The van der Waals surface area contributed by atoms with Crippen LogP contribution in [0.15, 0.2) is 24.3 Å². The van der Waals surface area contributed by atoms with Crippen LogP contribution in [0.3, 0.4) is 0 Å². The van der Waals surface area contributed by atoms with E-state index in [9.17, 15) is 0 Å². The molecule has 2 aromatic rings. The molecule has 0 atom stereocenters. The summed E-state index contributed by atoms with van der Waals surface area (Å²) in [5.41, 5.74) is 2.02. The summed E-state index contributed by atoms with van der Waals surface area (Å²) in [6, 6.07) is 7.91. The first kappa shape index (κ1) is 14.2. The van der Waals surface area contributed by atoms with Gasteiger partial charge in [-0.1, -0.05) is 19.9 Å². The summed E-state index contributed by atoms with van der Waals surface area (Å²) in [6.45, 7) is 6.81. The number of nitrogens with zero attached hydrogens (tertiary/aromatic N) is 3. The van der Waals surface area contributed by atoms with Gasteiger partial charge >= 0.3 is 0 Å². The van der Waals surface area contributed by atoms with Crippen LogP contribution in [0.25, 0.3) is 0 Å². The lowest BCUT2D eigenvalue weighted by Gasteiger charge is -2.11. The van der Waals surface area contributed by atoms with E-state index in [-0.39, 0.29) is 0 Å². The molecule has 0 aliphatic rings. The van der Waals surface area contributed by atoms with Crippen molar-refractivity contribution in [3.63, 3.8) is 0 Å². The van der Waals surface area contributed by atoms with Crippen molar-refractivity contribution in [2.24, 2.45) is 0 Å². The average Bonchev–Trinajstić information content (AvgIpc) is 2.45. The number of aryl methyl sites for hydroxylation is 1. The van der Waals surface area contributed by atoms with Crippen LogP contribution in [0.4, 0.5) is 11.6 Å². The van der Waals surface area contributed by atoms with E-state index in [1.807, 2.05) is 38.2 Å². The molecule has 2 heterocycles. The van der Waals surface area contributed by atoms with Gasteiger partial charge in [-0.25, -0.2) is 9.97 Å². The molecule has 0 bridgehead atoms. The van der Waals surface area contributed by atoms with Gasteiger partial charge in [-0.05, 0) is 19.1 Å². The quantitative estimate of drug-likeness (QED) is 0.875. The van der Waals surface area contributed by atoms with Crippen molar-refractivity contribution in [1.82, 2.24) is 15.0 Å². The van der Waals surface area contributed by atoms with Crippen LogP contribution in [0.5, 0.6) is 0 Å². The number of nitrogens with one attached hydrogen (secondary N) is 2. The van der Waals surface area contributed by atoms with E-state index < -0.39 is 0 Å². The number of hydrogen-bond acceptors (Lipinski definition) is 5. The molecule has 2 N–H and O–H groups in total. The Morgan fingerprint density at radius 1 is 1.10 bits per heavy atom. The minimum absolute atomic E-state index is 0.293. The molecular weight excluding hydrogens is 250 g/mol. The first-order valence-corrected chi connectivity index (χ1v) is 6.81. The zero-order chi connectivity index (χ0) is 14.5. The van der Waals surface area contributed by atoms with Crippen molar-refractivity contribution in [3.05, 3.63) is 41.5 Å². The zero-order valence-electron chi connectivity index (χ0n) is 12.4. The van der Waals surface area contributed by atoms with E-state index in [1.165, 1.54) is 0 Å². The molecule has 20 heavy (non-hydrogen) atoms. The Kier molecular flexibility index (Phi) is 4.50. The molecule has 0 saturated heterocycles. The van der Waals surface area contributed by atoms with Crippen molar-refractivity contribution in [3.8, 4) is 0 Å². The fraction of sp³-hybridized carbons (Fsp3) is 0.400. The lowest BCUT2D eigenvalue weighted by molar-refractivity contribution is 0.775. The number of rotatable bonds is 5. The maximum atomic E-state index is 4.53. The average molecular weight is 271 g/mol. The molecule has 0 saturated carbocycles. The van der Waals surface area contributed by atoms with Crippen molar-refractivity contribution in [2.45, 2.75) is 33.2 Å². The Hall–Kier alpha value is -2.17. The second kappa shape index (κ2) is 6.32. The summed E-state index contributed by atoms with van der Waals surface area (Å²) in [5.74, 6) is 2.76. The summed E-state index contributed by atoms with van der Waals surface area (Å²) < 4.78 is 0. The number of hydrogen-bond donors (Lipinski definition) is 2. The molecular formula is C15H21N5. The first-order valence-electron chi connectivity index (χ1n) is 6.81. The van der Waals surface area contributed by atoms with Crippen LogP contribution in [0, 0.1) is 6.92 Å². The molecule has 0 aliphatic carbocycles. The summed E-state index contributed by atoms with van der Waals surface area (Å²) in [4.78, 5) is 13.4. The van der Waals surface area contributed by atoms with Crippen LogP contribution in [0.1, 0.15) is 37.0 Å². The predicted molar refractivity (Wildman–Crippen MR) is 82.0 cm³/mol. The van der Waals surface area contributed by atoms with Crippen LogP contribution in [-0.4, -0.2) is 22.0 Å². The first-order chi connectivity index (χ1) is 9.58. The highest BCUT2D eigenvalue weighted by Gasteiger charge is 2.07. The van der Waals surface area contributed by atoms with Crippen molar-refractivity contribution >= 4 is 11.6 Å². The van der Waals surface area contributed by atoms with E-state index in [0.29, 0.717) is 12.5 Å². The third-order valence-electron chi connectivity index (χ3n) is 2.91. The fourth-order valence-corrected chi connectivity index (χ4v) is 1.82. The molecule has 0 fully saturated rings. The number of aromatic nitrogens is 3. The largest absolute Gasteiger partial charge is 0.373 e. The van der Waals surface area contributed by atoms with E-state index >= 15 is 0 Å². The zero-order valence-corrected chi connectivity index (χ0v) is 12.4. The smallest absolute Gasteiger partial charge is 0.135 e. The van der Waals surface area contributed by atoms with E-state index in [0.717, 1.165) is 28.8 Å². The molecule has 0 amide bonds. The second-order valence-electron chi connectivity index (χ2n) is 5.03. The second-order valence-corrected chi connectivity index (χ2v) is 5.03. The standard InChI is InChI=1S/C15H21N5/c1-10(2)15-19-13(16-4)8-14(20-15)17-9-12-7-5-6-11(3)18-12/h5-8,10H,9H2,1-4H3,(H2,16,17,19,20). The van der Waals surface area contributed by atoms with Gasteiger partial charge in [-0.3, -0.25) is 4.98 Å². The maximum Gasteiger partial charge on any atom is 0.135 e. The fourth-order valence-electron chi connectivity index (χ4n) is 1.82. The van der Waals surface area contributed by atoms with E-state index in [4.69, 9.17) is 0 Å². The molecule has 0 aliphatic heterocycles. The number of pyridine rings is 1. The molecule has 5 heteroatoms. The molecule has 0 aromatic carbocycles. The lowest BCUT2D eigenvalue weighted by atomic mass is 10.2. The monoisotopic (exact) mass is 271 g/mol. The summed E-state index contributed by atoms with van der Waals surface area (Å²) in [7, 11) is 1.86. The normalized spacial score (nSPS) is 10.7. The van der Waals surface area contributed by atoms with Gasteiger partial charge in [0.15, 0.2) is 0 Å². The summed E-state index contributed by atoms with van der Waals surface area (Å²) in [5, 5.41) is 6.37. The Labute approximate surface area is 119 Å². The maximum absolute atomic E-state index is 4.53. The van der Waals surface area contributed by atoms with Crippen LogP contribution in [0.2, 0.25) is 0 Å². The van der Waals surface area contributed by atoms with Gasteiger partial charge in [0.05, 0.1) is 12.2 Å². The van der Waals surface area contributed by atoms with E-state index in [1.54, 1.807) is 0 Å². The third kappa shape index (κ3) is 3.66. The topological polar surface area (TPSA) is 62.7 Å². The van der Waals surface area contributed by atoms with Gasteiger partial charge in [0.25, 0.3) is 0 Å². The Bertz CT molecular complexity index is 580. The van der Waals surface area contributed by atoms with Crippen molar-refractivity contribution in [1.29, 1.82) is 0 Å². The van der Waals surface area contributed by atoms with Gasteiger partial charge in [-0.2, -0.15) is 0 Å². The molecule has 2 aromatic heterocycles. The van der Waals surface area contributed by atoms with Gasteiger partial charge in [0.2, 0.25) is 0 Å². The molecule has 2 rings (SSSR count). The lowest BCUT2D eigenvalue weighted by Crippen LogP contribution is -2.08. The Balaban J connectivity index is 2.14. The highest BCUT2D eigenvalue weighted by molar-refractivity contribution is 5.47. The molecule has 0 unspecified atom stereocenters.